The number of nitrogens with one attached hydrogen (secondary N) is 3. The van der Waals surface area contributed by atoms with E-state index < -0.39 is 0 Å². The minimum absolute atomic E-state index is 0.448. The molecule has 2 aromatic rings. The molecule has 8 nitrogen and oxygen atoms in total. The normalized spacial score (nSPS) is 18.6. The van der Waals surface area contributed by atoms with Crippen molar-refractivity contribution in [1.82, 2.24) is 15.2 Å². The van der Waals surface area contributed by atoms with Crippen molar-refractivity contribution >= 4 is 38.9 Å². The maximum atomic E-state index is 8.56. The standard InChI is InChI=1S/C16H21N7OS/c17-15(23-5-3-19-4-6-23)14-13(21-18)11-1-2-12(20-16(11)25-14)22-7-9-24-10-8-22/h1-2,17-19H,3-10H2. The van der Waals surface area contributed by atoms with Gasteiger partial charge in [-0.15, -0.1) is 11.3 Å². The van der Waals surface area contributed by atoms with Gasteiger partial charge in [-0.3, -0.25) is 5.41 Å². The third-order valence-electron chi connectivity index (χ3n) is 4.61. The number of morpholine rings is 1. The quantitative estimate of drug-likeness (QED) is 0.442. The molecule has 0 aromatic carbocycles. The number of anilines is 1. The molecule has 0 saturated carbocycles. The van der Waals surface area contributed by atoms with Crippen molar-refractivity contribution in [2.24, 2.45) is 5.11 Å². The van der Waals surface area contributed by atoms with E-state index in [1.54, 1.807) is 0 Å². The van der Waals surface area contributed by atoms with Gasteiger partial charge >= 0.3 is 0 Å². The number of pyridine rings is 1. The second-order valence-electron chi connectivity index (χ2n) is 6.10. The molecule has 2 fully saturated rings. The molecule has 0 unspecified atom stereocenters. The SMILES string of the molecule is N=Nc1c(C(=N)N2CCNCC2)sc2nc(N3CCOCC3)ccc12. The smallest absolute Gasteiger partial charge is 0.140 e. The van der Waals surface area contributed by atoms with E-state index in [0.717, 1.165) is 73.4 Å². The average Bonchev–Trinajstić information content (AvgIpc) is 3.06. The predicted molar refractivity (Wildman–Crippen MR) is 98.7 cm³/mol. The summed E-state index contributed by atoms with van der Waals surface area (Å²) < 4.78 is 5.40. The van der Waals surface area contributed by atoms with Crippen molar-refractivity contribution in [2.75, 3.05) is 57.4 Å². The molecule has 0 atom stereocenters. The van der Waals surface area contributed by atoms with E-state index in [1.165, 1.54) is 11.3 Å². The van der Waals surface area contributed by atoms with Crippen molar-refractivity contribution < 1.29 is 4.74 Å². The molecule has 132 valence electrons. The molecular weight excluding hydrogens is 338 g/mol. The number of hydrogen-bond acceptors (Lipinski definition) is 8. The van der Waals surface area contributed by atoms with Gasteiger partial charge < -0.3 is 19.9 Å². The lowest BCUT2D eigenvalue weighted by molar-refractivity contribution is 0.122. The Morgan fingerprint density at radius 1 is 1.20 bits per heavy atom. The van der Waals surface area contributed by atoms with Gasteiger partial charge in [-0.05, 0) is 12.1 Å². The number of ether oxygens (including phenoxy) is 1. The fourth-order valence-electron chi connectivity index (χ4n) is 3.23. The van der Waals surface area contributed by atoms with Gasteiger partial charge in [0.1, 0.15) is 22.2 Å². The van der Waals surface area contributed by atoms with Crippen LogP contribution in [0.3, 0.4) is 0 Å². The number of thiophene rings is 1. The summed E-state index contributed by atoms with van der Waals surface area (Å²) in [5, 5.41) is 16.4. The molecule has 0 aliphatic carbocycles. The third kappa shape index (κ3) is 3.10. The van der Waals surface area contributed by atoms with Gasteiger partial charge in [0.05, 0.1) is 18.1 Å². The monoisotopic (exact) mass is 359 g/mol. The number of nitrogens with zero attached hydrogens (tertiary/aromatic N) is 4. The van der Waals surface area contributed by atoms with E-state index in [4.69, 9.17) is 20.7 Å². The first-order chi connectivity index (χ1) is 12.3. The van der Waals surface area contributed by atoms with E-state index in [-0.39, 0.29) is 0 Å². The summed E-state index contributed by atoms with van der Waals surface area (Å²) in [5.41, 5.74) is 8.15. The fourth-order valence-corrected chi connectivity index (χ4v) is 4.31. The third-order valence-corrected chi connectivity index (χ3v) is 5.71. The summed E-state index contributed by atoms with van der Waals surface area (Å²) in [6.45, 7) is 6.47. The molecule has 3 N–H and O–H groups in total. The van der Waals surface area contributed by atoms with E-state index in [9.17, 15) is 0 Å². The zero-order valence-electron chi connectivity index (χ0n) is 13.9. The van der Waals surface area contributed by atoms with Crippen molar-refractivity contribution in [3.05, 3.63) is 17.0 Å². The number of piperazine rings is 1. The van der Waals surface area contributed by atoms with Crippen LogP contribution in [0.25, 0.3) is 10.2 Å². The van der Waals surface area contributed by atoms with Crippen molar-refractivity contribution in [2.45, 2.75) is 0 Å². The summed E-state index contributed by atoms with van der Waals surface area (Å²) in [7, 11) is 0. The Hall–Kier alpha value is -2.10. The topological polar surface area (TPSA) is 101 Å². The van der Waals surface area contributed by atoms with Crippen LogP contribution < -0.4 is 10.2 Å². The van der Waals surface area contributed by atoms with Crippen LogP contribution in [0, 0.1) is 10.9 Å². The number of aromatic nitrogens is 1. The largest absolute Gasteiger partial charge is 0.378 e. The highest BCUT2D eigenvalue weighted by Gasteiger charge is 2.23. The minimum atomic E-state index is 0.448. The van der Waals surface area contributed by atoms with Crippen LogP contribution in [0.5, 0.6) is 0 Å². The zero-order valence-corrected chi connectivity index (χ0v) is 14.7. The Morgan fingerprint density at radius 3 is 2.68 bits per heavy atom. The molecule has 0 bridgehead atoms. The Kier molecular flexibility index (Phi) is 4.60. The molecular formula is C16H21N7OS. The van der Waals surface area contributed by atoms with Crippen LogP contribution in [0.15, 0.2) is 17.2 Å². The van der Waals surface area contributed by atoms with Gasteiger partial charge in [0.25, 0.3) is 0 Å². The van der Waals surface area contributed by atoms with Gasteiger partial charge in [-0.2, -0.15) is 5.11 Å². The molecule has 25 heavy (non-hydrogen) atoms. The number of rotatable bonds is 3. The van der Waals surface area contributed by atoms with Gasteiger partial charge in [-0.1, -0.05) is 0 Å². The maximum absolute atomic E-state index is 8.56. The first kappa shape index (κ1) is 16.4. The Morgan fingerprint density at radius 2 is 1.96 bits per heavy atom. The summed E-state index contributed by atoms with van der Waals surface area (Å²) in [4.78, 5) is 10.6. The highest BCUT2D eigenvalue weighted by atomic mass is 32.1. The first-order valence-electron chi connectivity index (χ1n) is 8.46. The van der Waals surface area contributed by atoms with E-state index in [1.807, 2.05) is 17.0 Å². The predicted octanol–water partition coefficient (Wildman–Crippen LogP) is 2.03. The van der Waals surface area contributed by atoms with Crippen LogP contribution in [0.4, 0.5) is 11.5 Å². The lowest BCUT2D eigenvalue weighted by atomic mass is 10.2. The molecule has 0 radical (unpaired) electrons. The lowest BCUT2D eigenvalue weighted by Gasteiger charge is -2.29. The molecule has 2 aromatic heterocycles. The highest BCUT2D eigenvalue weighted by Crippen LogP contribution is 2.38. The fraction of sp³-hybridized carbons (Fsp3) is 0.500. The van der Waals surface area contributed by atoms with Gasteiger partial charge in [0, 0.05) is 44.7 Å². The van der Waals surface area contributed by atoms with Crippen LogP contribution in [-0.2, 0) is 4.74 Å². The summed E-state index contributed by atoms with van der Waals surface area (Å²) in [6.07, 6.45) is 0. The second kappa shape index (κ2) is 7.03. The maximum Gasteiger partial charge on any atom is 0.140 e. The average molecular weight is 359 g/mol. The Bertz CT molecular complexity index is 793. The second-order valence-corrected chi connectivity index (χ2v) is 7.10. The van der Waals surface area contributed by atoms with E-state index >= 15 is 0 Å². The molecule has 0 amide bonds. The molecule has 2 aliphatic rings. The summed E-state index contributed by atoms with van der Waals surface area (Å²) in [6, 6.07) is 3.96. The molecule has 0 spiro atoms. The molecule has 4 rings (SSSR count). The molecule has 2 saturated heterocycles. The van der Waals surface area contributed by atoms with E-state index in [0.29, 0.717) is 11.5 Å². The van der Waals surface area contributed by atoms with Gasteiger partial charge in [-0.25, -0.2) is 10.5 Å². The molecule has 4 heterocycles. The number of amidine groups is 1. The van der Waals surface area contributed by atoms with Crippen LogP contribution in [-0.4, -0.2) is 68.2 Å². The summed E-state index contributed by atoms with van der Waals surface area (Å²) in [5.74, 6) is 1.37. The van der Waals surface area contributed by atoms with Crippen molar-refractivity contribution in [1.29, 1.82) is 10.9 Å². The molecule has 2 aliphatic heterocycles. The van der Waals surface area contributed by atoms with Gasteiger partial charge in [0.2, 0.25) is 0 Å². The Balaban J connectivity index is 1.69. The first-order valence-corrected chi connectivity index (χ1v) is 9.28. The van der Waals surface area contributed by atoms with Crippen LogP contribution >= 0.6 is 11.3 Å². The number of fused-ring (bicyclic) bond motifs is 1. The highest BCUT2D eigenvalue weighted by molar-refractivity contribution is 7.21. The van der Waals surface area contributed by atoms with Crippen LogP contribution in [0.2, 0.25) is 0 Å². The van der Waals surface area contributed by atoms with Crippen molar-refractivity contribution in [3.8, 4) is 0 Å². The van der Waals surface area contributed by atoms with Gasteiger partial charge in [0.15, 0.2) is 0 Å². The zero-order chi connectivity index (χ0) is 17.2. The van der Waals surface area contributed by atoms with Crippen molar-refractivity contribution in [3.63, 3.8) is 0 Å². The molecule has 9 heteroatoms. The van der Waals surface area contributed by atoms with Crippen LogP contribution in [0.1, 0.15) is 4.88 Å². The lowest BCUT2D eigenvalue weighted by Crippen LogP contribution is -2.46. The minimum Gasteiger partial charge on any atom is -0.378 e. The Labute approximate surface area is 149 Å². The van der Waals surface area contributed by atoms with E-state index in [2.05, 4.69) is 15.3 Å². The number of hydrogen-bond donors (Lipinski definition) is 3. The summed E-state index contributed by atoms with van der Waals surface area (Å²) >= 11 is 1.46.